The Labute approximate surface area is 164 Å². The quantitative estimate of drug-likeness (QED) is 0.784. The van der Waals surface area contributed by atoms with Crippen LogP contribution < -0.4 is 9.80 Å². The van der Waals surface area contributed by atoms with E-state index >= 15 is 0 Å². The molecule has 0 unspecified atom stereocenters. The molecule has 1 fully saturated rings. The second kappa shape index (κ2) is 7.87. The molecule has 0 aliphatic carbocycles. The van der Waals surface area contributed by atoms with Crippen LogP contribution >= 0.6 is 0 Å². The van der Waals surface area contributed by atoms with Gasteiger partial charge in [0.2, 0.25) is 5.91 Å². The molecule has 0 spiro atoms. The molecule has 0 radical (unpaired) electrons. The van der Waals surface area contributed by atoms with E-state index in [0.29, 0.717) is 36.9 Å². The van der Waals surface area contributed by atoms with E-state index in [2.05, 4.69) is 11.8 Å². The number of carbonyl (C=O) groups excluding carboxylic acids is 1. The third-order valence-electron chi connectivity index (χ3n) is 5.81. The number of hydrogen-bond acceptors (Lipinski definition) is 3. The van der Waals surface area contributed by atoms with Crippen LogP contribution in [0.5, 0.6) is 0 Å². The molecular formula is C22H25F2N3O. The molecule has 0 N–H and O–H groups in total. The standard InChI is InChI=1S/C22H25F2N3O/c1-16-3-2-11-25(16)12-10-22(28)27-14-13-26(19-7-4-17(23)5-8-19)21-15-18(24)6-9-20(21)27/h4-9,15-16H,2-3,10-14H2,1H3/t16-/m0/s1. The summed E-state index contributed by atoms with van der Waals surface area (Å²) < 4.78 is 27.3. The first kappa shape index (κ1) is 18.9. The minimum atomic E-state index is -0.356. The molecule has 4 nitrogen and oxygen atoms in total. The van der Waals surface area contributed by atoms with E-state index in [1.165, 1.54) is 37.1 Å². The monoisotopic (exact) mass is 385 g/mol. The van der Waals surface area contributed by atoms with Crippen LogP contribution in [-0.2, 0) is 4.79 Å². The Morgan fingerprint density at radius 1 is 1.00 bits per heavy atom. The molecule has 0 saturated carbocycles. The summed E-state index contributed by atoms with van der Waals surface area (Å²) in [5.74, 6) is -0.607. The SMILES string of the molecule is C[C@H]1CCCN1CCC(=O)N1CCN(c2ccc(F)cc2)c2cc(F)ccc21. The first-order valence-electron chi connectivity index (χ1n) is 9.90. The molecule has 6 heteroatoms. The maximum Gasteiger partial charge on any atom is 0.228 e. The van der Waals surface area contributed by atoms with Crippen molar-refractivity contribution in [2.45, 2.75) is 32.2 Å². The van der Waals surface area contributed by atoms with Gasteiger partial charge in [-0.15, -0.1) is 0 Å². The Balaban J connectivity index is 1.55. The van der Waals surface area contributed by atoms with Gasteiger partial charge in [0.1, 0.15) is 11.6 Å². The van der Waals surface area contributed by atoms with Crippen molar-refractivity contribution in [1.29, 1.82) is 0 Å². The van der Waals surface area contributed by atoms with Gasteiger partial charge >= 0.3 is 0 Å². The highest BCUT2D eigenvalue weighted by atomic mass is 19.1. The van der Waals surface area contributed by atoms with Crippen LogP contribution in [0.4, 0.5) is 25.8 Å². The summed E-state index contributed by atoms with van der Waals surface area (Å²) >= 11 is 0. The van der Waals surface area contributed by atoms with Crippen molar-refractivity contribution in [3.63, 3.8) is 0 Å². The molecule has 4 rings (SSSR count). The molecule has 1 atom stereocenters. The molecule has 2 aliphatic rings. The Morgan fingerprint density at radius 3 is 2.46 bits per heavy atom. The topological polar surface area (TPSA) is 26.8 Å². The van der Waals surface area contributed by atoms with E-state index in [9.17, 15) is 13.6 Å². The number of halogens is 2. The van der Waals surface area contributed by atoms with Crippen molar-refractivity contribution in [3.8, 4) is 0 Å². The van der Waals surface area contributed by atoms with Gasteiger partial charge in [0.05, 0.1) is 11.4 Å². The lowest BCUT2D eigenvalue weighted by molar-refractivity contribution is -0.119. The molecule has 148 valence electrons. The summed E-state index contributed by atoms with van der Waals surface area (Å²) in [4.78, 5) is 19.0. The van der Waals surface area contributed by atoms with E-state index in [-0.39, 0.29) is 17.5 Å². The number of benzene rings is 2. The summed E-state index contributed by atoms with van der Waals surface area (Å²) in [5, 5.41) is 0. The zero-order chi connectivity index (χ0) is 19.7. The number of amides is 1. The molecule has 2 aromatic carbocycles. The van der Waals surface area contributed by atoms with Crippen LogP contribution in [-0.4, -0.2) is 43.0 Å². The first-order chi connectivity index (χ1) is 13.5. The zero-order valence-electron chi connectivity index (χ0n) is 16.1. The van der Waals surface area contributed by atoms with Crippen molar-refractivity contribution in [2.24, 2.45) is 0 Å². The molecule has 2 aliphatic heterocycles. The van der Waals surface area contributed by atoms with E-state index in [4.69, 9.17) is 0 Å². The van der Waals surface area contributed by atoms with Gasteiger partial charge in [-0.2, -0.15) is 0 Å². The fourth-order valence-electron chi connectivity index (χ4n) is 4.23. The first-order valence-corrected chi connectivity index (χ1v) is 9.90. The molecule has 0 bridgehead atoms. The lowest BCUT2D eigenvalue weighted by atomic mass is 10.1. The normalized spacial score (nSPS) is 19.8. The minimum absolute atomic E-state index is 0.0608. The zero-order valence-corrected chi connectivity index (χ0v) is 16.1. The van der Waals surface area contributed by atoms with Gasteiger partial charge in [-0.25, -0.2) is 8.78 Å². The van der Waals surface area contributed by atoms with Crippen LogP contribution in [0.15, 0.2) is 42.5 Å². The van der Waals surface area contributed by atoms with Crippen LogP contribution in [0.3, 0.4) is 0 Å². The fourth-order valence-corrected chi connectivity index (χ4v) is 4.23. The second-order valence-corrected chi connectivity index (χ2v) is 7.58. The Bertz CT molecular complexity index is 855. The summed E-state index contributed by atoms with van der Waals surface area (Å²) in [6.45, 7) is 5.07. The number of rotatable bonds is 4. The van der Waals surface area contributed by atoms with E-state index < -0.39 is 0 Å². The van der Waals surface area contributed by atoms with Crippen molar-refractivity contribution in [3.05, 3.63) is 54.1 Å². The van der Waals surface area contributed by atoms with Crippen molar-refractivity contribution >= 4 is 23.0 Å². The predicted octanol–water partition coefficient (Wildman–Crippen LogP) is 4.32. The highest BCUT2D eigenvalue weighted by Crippen LogP contribution is 2.38. The lowest BCUT2D eigenvalue weighted by Gasteiger charge is -2.38. The number of likely N-dealkylation sites (tertiary alicyclic amines) is 1. The molecule has 1 amide bonds. The average Bonchev–Trinajstić information content (AvgIpc) is 3.10. The van der Waals surface area contributed by atoms with E-state index in [0.717, 1.165) is 18.8 Å². The maximum atomic E-state index is 14.0. The van der Waals surface area contributed by atoms with Gasteiger partial charge < -0.3 is 14.7 Å². The van der Waals surface area contributed by atoms with Gasteiger partial charge in [-0.05, 0) is 68.8 Å². The number of nitrogens with zero attached hydrogens (tertiary/aromatic N) is 3. The van der Waals surface area contributed by atoms with Crippen molar-refractivity contribution in [2.75, 3.05) is 36.0 Å². The number of hydrogen-bond donors (Lipinski definition) is 0. The predicted molar refractivity (Wildman–Crippen MR) is 107 cm³/mol. The largest absolute Gasteiger partial charge is 0.338 e. The Kier molecular flexibility index (Phi) is 5.31. The molecule has 2 aromatic rings. The third-order valence-corrected chi connectivity index (χ3v) is 5.81. The van der Waals surface area contributed by atoms with E-state index in [1.807, 2.05) is 4.90 Å². The van der Waals surface area contributed by atoms with Crippen LogP contribution in [0.25, 0.3) is 0 Å². The summed E-state index contributed by atoms with van der Waals surface area (Å²) in [6.07, 6.45) is 2.83. The molecule has 2 heterocycles. The van der Waals surface area contributed by atoms with Gasteiger partial charge in [-0.3, -0.25) is 4.79 Å². The third kappa shape index (κ3) is 3.74. The summed E-state index contributed by atoms with van der Waals surface area (Å²) in [6, 6.07) is 11.2. The van der Waals surface area contributed by atoms with Crippen molar-refractivity contribution in [1.82, 2.24) is 4.90 Å². The molecule has 28 heavy (non-hydrogen) atoms. The molecule has 0 aromatic heterocycles. The van der Waals surface area contributed by atoms with Crippen LogP contribution in [0.1, 0.15) is 26.2 Å². The maximum absolute atomic E-state index is 14.0. The van der Waals surface area contributed by atoms with Gasteiger partial charge in [0, 0.05) is 37.8 Å². The second-order valence-electron chi connectivity index (χ2n) is 7.58. The van der Waals surface area contributed by atoms with Gasteiger partial charge in [0.15, 0.2) is 0 Å². The molecular weight excluding hydrogens is 360 g/mol. The Morgan fingerprint density at radius 2 is 1.75 bits per heavy atom. The fraction of sp³-hybridized carbons (Fsp3) is 0.409. The lowest BCUT2D eigenvalue weighted by Crippen LogP contribution is -2.43. The van der Waals surface area contributed by atoms with Crippen LogP contribution in [0.2, 0.25) is 0 Å². The minimum Gasteiger partial charge on any atom is -0.338 e. The number of carbonyl (C=O) groups is 1. The highest BCUT2D eigenvalue weighted by molar-refractivity contribution is 5.99. The number of anilines is 3. The number of fused-ring (bicyclic) bond motifs is 1. The average molecular weight is 385 g/mol. The smallest absolute Gasteiger partial charge is 0.228 e. The van der Waals surface area contributed by atoms with Gasteiger partial charge in [0.25, 0.3) is 0 Å². The van der Waals surface area contributed by atoms with Gasteiger partial charge in [-0.1, -0.05) is 0 Å². The van der Waals surface area contributed by atoms with E-state index in [1.54, 1.807) is 23.1 Å². The highest BCUT2D eigenvalue weighted by Gasteiger charge is 2.29. The van der Waals surface area contributed by atoms with Crippen LogP contribution in [0, 0.1) is 11.6 Å². The Hall–Kier alpha value is -2.47. The van der Waals surface area contributed by atoms with Crippen molar-refractivity contribution < 1.29 is 13.6 Å². The molecule has 1 saturated heterocycles. The summed E-state index contributed by atoms with van der Waals surface area (Å²) in [7, 11) is 0. The summed E-state index contributed by atoms with van der Waals surface area (Å²) in [5.41, 5.74) is 2.13.